The van der Waals surface area contributed by atoms with E-state index in [1.807, 2.05) is 56.4 Å². The van der Waals surface area contributed by atoms with Crippen molar-refractivity contribution in [3.8, 4) is 11.8 Å². The van der Waals surface area contributed by atoms with Crippen LogP contribution in [0.2, 0.25) is 0 Å². The van der Waals surface area contributed by atoms with Gasteiger partial charge in [-0.2, -0.15) is 5.26 Å². The molecule has 0 aliphatic rings. The number of hydrogen-bond acceptors (Lipinski definition) is 3. The fourth-order valence-corrected chi connectivity index (χ4v) is 2.20. The van der Waals surface area contributed by atoms with Crippen LogP contribution in [0, 0.1) is 18.3 Å². The second-order valence-electron chi connectivity index (χ2n) is 4.69. The van der Waals surface area contributed by atoms with Gasteiger partial charge in [0, 0.05) is 18.3 Å². The number of rotatable bonds is 5. The molecule has 1 N–H and O–H groups in total. The van der Waals surface area contributed by atoms with Crippen LogP contribution in [-0.4, -0.2) is 7.05 Å². The maximum atomic E-state index is 8.98. The molecular formula is C18H18N2O. The van der Waals surface area contributed by atoms with Crippen molar-refractivity contribution in [1.82, 2.24) is 0 Å². The van der Waals surface area contributed by atoms with E-state index in [-0.39, 0.29) is 0 Å². The van der Waals surface area contributed by atoms with Gasteiger partial charge in [-0.25, -0.2) is 0 Å². The first-order valence-corrected chi connectivity index (χ1v) is 6.76. The van der Waals surface area contributed by atoms with E-state index < -0.39 is 0 Å². The van der Waals surface area contributed by atoms with Crippen LogP contribution < -0.4 is 10.1 Å². The number of ether oxygens (including phenoxy) is 1. The van der Waals surface area contributed by atoms with Gasteiger partial charge in [-0.3, -0.25) is 0 Å². The summed E-state index contributed by atoms with van der Waals surface area (Å²) in [6.45, 7) is 5.94. The minimum absolute atomic E-state index is 0.344. The Balaban J connectivity index is 2.31. The van der Waals surface area contributed by atoms with E-state index in [1.54, 1.807) is 0 Å². The number of hydrogen-bond donors (Lipinski definition) is 1. The first-order valence-electron chi connectivity index (χ1n) is 6.76. The molecule has 106 valence electrons. The number of nitriles is 1. The van der Waals surface area contributed by atoms with Gasteiger partial charge in [0.05, 0.1) is 12.5 Å². The molecule has 0 aliphatic carbocycles. The van der Waals surface area contributed by atoms with E-state index >= 15 is 0 Å². The van der Waals surface area contributed by atoms with Crippen LogP contribution in [0.1, 0.15) is 16.7 Å². The molecule has 2 rings (SSSR count). The Morgan fingerprint density at radius 1 is 1.24 bits per heavy atom. The number of nitrogens with one attached hydrogen (secondary N) is 1. The van der Waals surface area contributed by atoms with Crippen LogP contribution in [-0.2, 0) is 6.42 Å². The van der Waals surface area contributed by atoms with Crippen LogP contribution >= 0.6 is 0 Å². The minimum Gasteiger partial charge on any atom is -0.457 e. The zero-order chi connectivity index (χ0) is 15.2. The SMILES string of the molecule is C=C(Oc1ccc(NC)c(CC#N)c1C)c1ccccc1. The molecule has 0 fully saturated rings. The topological polar surface area (TPSA) is 45.0 Å². The van der Waals surface area contributed by atoms with Crippen molar-refractivity contribution in [2.75, 3.05) is 12.4 Å². The molecule has 0 radical (unpaired) electrons. The molecule has 0 heterocycles. The van der Waals surface area contributed by atoms with Crippen LogP contribution in [0.3, 0.4) is 0 Å². The quantitative estimate of drug-likeness (QED) is 0.835. The average Bonchev–Trinajstić information content (AvgIpc) is 2.52. The summed E-state index contributed by atoms with van der Waals surface area (Å²) in [4.78, 5) is 0. The van der Waals surface area contributed by atoms with Crippen molar-refractivity contribution in [3.05, 3.63) is 65.7 Å². The summed E-state index contributed by atoms with van der Waals surface area (Å²) < 4.78 is 5.89. The average molecular weight is 278 g/mol. The van der Waals surface area contributed by atoms with Crippen LogP contribution in [0.4, 0.5) is 5.69 Å². The third-order valence-corrected chi connectivity index (χ3v) is 3.40. The Bertz CT molecular complexity index is 684. The molecule has 0 spiro atoms. The molecule has 0 aliphatic heterocycles. The fraction of sp³-hybridized carbons (Fsp3) is 0.167. The largest absolute Gasteiger partial charge is 0.457 e. The lowest BCUT2D eigenvalue weighted by atomic mass is 10.0. The van der Waals surface area contributed by atoms with Gasteiger partial charge in [-0.15, -0.1) is 0 Å². The Labute approximate surface area is 125 Å². The Morgan fingerprint density at radius 3 is 2.57 bits per heavy atom. The molecular weight excluding hydrogens is 260 g/mol. The van der Waals surface area contributed by atoms with Gasteiger partial charge < -0.3 is 10.1 Å². The van der Waals surface area contributed by atoms with E-state index in [0.717, 1.165) is 28.1 Å². The van der Waals surface area contributed by atoms with Gasteiger partial charge >= 0.3 is 0 Å². The summed E-state index contributed by atoms with van der Waals surface area (Å²) in [6.07, 6.45) is 0.344. The van der Waals surface area contributed by atoms with Gasteiger partial charge in [-0.05, 0) is 30.2 Å². The number of benzene rings is 2. The van der Waals surface area contributed by atoms with Crippen molar-refractivity contribution < 1.29 is 4.74 Å². The number of anilines is 1. The van der Waals surface area contributed by atoms with E-state index in [1.165, 1.54) is 0 Å². The van der Waals surface area contributed by atoms with Crippen LogP contribution in [0.5, 0.6) is 5.75 Å². The Morgan fingerprint density at radius 2 is 1.95 bits per heavy atom. The second-order valence-corrected chi connectivity index (χ2v) is 4.69. The molecule has 0 unspecified atom stereocenters. The van der Waals surface area contributed by atoms with Gasteiger partial charge in [0.15, 0.2) is 0 Å². The van der Waals surface area contributed by atoms with Crippen LogP contribution in [0.15, 0.2) is 49.0 Å². The lowest BCUT2D eigenvalue weighted by molar-refractivity contribution is 0.512. The maximum Gasteiger partial charge on any atom is 0.130 e. The normalized spacial score (nSPS) is 9.76. The first kappa shape index (κ1) is 14.7. The third kappa shape index (κ3) is 3.24. The third-order valence-electron chi connectivity index (χ3n) is 3.40. The van der Waals surface area contributed by atoms with Gasteiger partial charge in [0.2, 0.25) is 0 Å². The molecule has 0 bridgehead atoms. The van der Waals surface area contributed by atoms with E-state index in [4.69, 9.17) is 10.00 Å². The predicted octanol–water partition coefficient (Wildman–Crippen LogP) is 4.15. The van der Waals surface area contributed by atoms with E-state index in [0.29, 0.717) is 12.2 Å². The van der Waals surface area contributed by atoms with Crippen molar-refractivity contribution in [2.24, 2.45) is 0 Å². The molecule has 0 saturated heterocycles. The van der Waals surface area contributed by atoms with Crippen molar-refractivity contribution in [1.29, 1.82) is 5.26 Å². The summed E-state index contributed by atoms with van der Waals surface area (Å²) in [7, 11) is 1.85. The van der Waals surface area contributed by atoms with Gasteiger partial charge in [-0.1, -0.05) is 36.9 Å². The summed E-state index contributed by atoms with van der Waals surface area (Å²) in [5, 5.41) is 12.1. The van der Waals surface area contributed by atoms with Crippen molar-refractivity contribution >= 4 is 11.4 Å². The van der Waals surface area contributed by atoms with Crippen molar-refractivity contribution in [3.63, 3.8) is 0 Å². The predicted molar refractivity (Wildman–Crippen MR) is 86.1 cm³/mol. The smallest absolute Gasteiger partial charge is 0.130 e. The molecule has 0 amide bonds. The molecule has 3 heteroatoms. The molecule has 2 aromatic carbocycles. The molecule has 0 atom stereocenters. The van der Waals surface area contributed by atoms with Gasteiger partial charge in [0.25, 0.3) is 0 Å². The molecule has 0 aromatic heterocycles. The first-order chi connectivity index (χ1) is 10.2. The van der Waals surface area contributed by atoms with E-state index in [2.05, 4.69) is 18.0 Å². The standard InChI is InChI=1S/C18H18N2O/c1-13-16(11-12-19)17(20-3)9-10-18(13)21-14(2)15-7-5-4-6-8-15/h4-10,20H,2,11H2,1,3H3. The highest BCUT2D eigenvalue weighted by atomic mass is 16.5. The highest BCUT2D eigenvalue weighted by Gasteiger charge is 2.11. The highest BCUT2D eigenvalue weighted by Crippen LogP contribution is 2.31. The number of nitrogens with zero attached hydrogens (tertiary/aromatic N) is 1. The Kier molecular flexibility index (Phi) is 4.63. The zero-order valence-electron chi connectivity index (χ0n) is 12.3. The zero-order valence-corrected chi connectivity index (χ0v) is 12.3. The summed E-state index contributed by atoms with van der Waals surface area (Å²) in [6, 6.07) is 15.8. The minimum atomic E-state index is 0.344. The molecule has 3 nitrogen and oxygen atoms in total. The van der Waals surface area contributed by atoms with Gasteiger partial charge in [0.1, 0.15) is 11.5 Å². The summed E-state index contributed by atoms with van der Waals surface area (Å²) in [5.74, 6) is 1.33. The fourth-order valence-electron chi connectivity index (χ4n) is 2.20. The highest BCUT2D eigenvalue weighted by molar-refractivity contribution is 5.64. The summed E-state index contributed by atoms with van der Waals surface area (Å²) >= 11 is 0. The van der Waals surface area contributed by atoms with Crippen molar-refractivity contribution in [2.45, 2.75) is 13.3 Å². The second kappa shape index (κ2) is 6.62. The Hall–Kier alpha value is -2.73. The lowest BCUT2D eigenvalue weighted by Gasteiger charge is -2.16. The molecule has 2 aromatic rings. The van der Waals surface area contributed by atoms with Crippen LogP contribution in [0.25, 0.3) is 5.76 Å². The summed E-state index contributed by atoms with van der Waals surface area (Å²) in [5.41, 5.74) is 3.81. The molecule has 0 saturated carbocycles. The maximum absolute atomic E-state index is 8.98. The lowest BCUT2D eigenvalue weighted by Crippen LogP contribution is -2.01. The van der Waals surface area contributed by atoms with E-state index in [9.17, 15) is 0 Å². The monoisotopic (exact) mass is 278 g/mol. The molecule has 21 heavy (non-hydrogen) atoms.